The van der Waals surface area contributed by atoms with Crippen molar-refractivity contribution in [3.8, 4) is 10.4 Å². The fourth-order valence-electron chi connectivity index (χ4n) is 1.56. The van der Waals surface area contributed by atoms with Gasteiger partial charge in [0.1, 0.15) is 0 Å². The van der Waals surface area contributed by atoms with E-state index in [1.165, 1.54) is 36.7 Å². The van der Waals surface area contributed by atoms with Crippen LogP contribution in [0.1, 0.15) is 4.88 Å². The normalized spacial score (nSPS) is 10.7. The maximum absolute atomic E-state index is 11.0. The van der Waals surface area contributed by atoms with Gasteiger partial charge < -0.3 is 4.74 Å². The van der Waals surface area contributed by atoms with Crippen LogP contribution >= 0.6 is 11.3 Å². The minimum Gasteiger partial charge on any atom is -0.466 e. The number of esters is 1. The number of non-ortho nitro benzene ring substituents is 1. The molecule has 0 unspecified atom stereocenters. The zero-order chi connectivity index (χ0) is 14.5. The number of carbonyl (C=O) groups excluding carboxylic acids is 1. The molecule has 1 heterocycles. The number of hydrogen-bond acceptors (Lipinski definition) is 5. The van der Waals surface area contributed by atoms with E-state index in [0.717, 1.165) is 15.3 Å². The van der Waals surface area contributed by atoms with E-state index >= 15 is 0 Å². The number of rotatable bonds is 4. The molecular formula is C14H11NO4S. The van der Waals surface area contributed by atoms with Gasteiger partial charge in [-0.25, -0.2) is 4.79 Å². The Balaban J connectivity index is 2.18. The number of nitro benzene ring substituents is 1. The highest BCUT2D eigenvalue weighted by molar-refractivity contribution is 7.16. The molecule has 0 saturated heterocycles. The van der Waals surface area contributed by atoms with Gasteiger partial charge in [0.15, 0.2) is 0 Å². The van der Waals surface area contributed by atoms with Crippen LogP contribution in [0.2, 0.25) is 0 Å². The van der Waals surface area contributed by atoms with Gasteiger partial charge in [0, 0.05) is 28.0 Å². The summed E-state index contributed by atoms with van der Waals surface area (Å²) >= 11 is 1.49. The Labute approximate surface area is 119 Å². The Hall–Kier alpha value is -2.47. The number of benzene rings is 1. The molecule has 5 nitrogen and oxygen atoms in total. The van der Waals surface area contributed by atoms with Gasteiger partial charge in [-0.3, -0.25) is 10.1 Å². The third-order valence-electron chi connectivity index (χ3n) is 2.57. The number of nitro groups is 1. The summed E-state index contributed by atoms with van der Waals surface area (Å²) in [5.41, 5.74) is 0.967. The summed E-state index contributed by atoms with van der Waals surface area (Å²) in [6.07, 6.45) is 3.02. The highest BCUT2D eigenvalue weighted by Crippen LogP contribution is 2.30. The maximum Gasteiger partial charge on any atom is 0.330 e. The van der Waals surface area contributed by atoms with E-state index in [4.69, 9.17) is 0 Å². The molecule has 0 amide bonds. The van der Waals surface area contributed by atoms with E-state index < -0.39 is 10.9 Å². The molecule has 102 valence electrons. The molecule has 0 aliphatic rings. The van der Waals surface area contributed by atoms with Crippen molar-refractivity contribution in [2.24, 2.45) is 0 Å². The summed E-state index contributed by atoms with van der Waals surface area (Å²) in [6.45, 7) is 0. The molecule has 1 aromatic heterocycles. The SMILES string of the molecule is COC(=O)/C=C/c1ccc(-c2ccc([N+](=O)[O-])cc2)s1. The van der Waals surface area contributed by atoms with Crippen molar-refractivity contribution >= 4 is 29.1 Å². The maximum atomic E-state index is 11.0. The Bertz CT molecular complexity index is 658. The lowest BCUT2D eigenvalue weighted by Gasteiger charge is -1.96. The van der Waals surface area contributed by atoms with Gasteiger partial charge in [0.2, 0.25) is 0 Å². The van der Waals surface area contributed by atoms with Crippen LogP contribution in [0.3, 0.4) is 0 Å². The quantitative estimate of drug-likeness (QED) is 0.374. The summed E-state index contributed by atoms with van der Waals surface area (Å²) in [5.74, 6) is -0.407. The van der Waals surface area contributed by atoms with Crippen molar-refractivity contribution in [2.75, 3.05) is 7.11 Å². The van der Waals surface area contributed by atoms with Crippen molar-refractivity contribution < 1.29 is 14.5 Å². The molecule has 20 heavy (non-hydrogen) atoms. The van der Waals surface area contributed by atoms with Crippen molar-refractivity contribution in [3.05, 3.63) is 57.5 Å². The molecule has 0 N–H and O–H groups in total. The molecular weight excluding hydrogens is 278 g/mol. The average molecular weight is 289 g/mol. The van der Waals surface area contributed by atoms with Gasteiger partial charge in [0.05, 0.1) is 12.0 Å². The van der Waals surface area contributed by atoms with Crippen molar-refractivity contribution in [1.29, 1.82) is 0 Å². The topological polar surface area (TPSA) is 69.4 Å². The van der Waals surface area contributed by atoms with Crippen LogP contribution in [0.15, 0.2) is 42.5 Å². The molecule has 0 aliphatic heterocycles. The van der Waals surface area contributed by atoms with E-state index in [9.17, 15) is 14.9 Å². The minimum absolute atomic E-state index is 0.0658. The Morgan fingerprint density at radius 2 is 1.95 bits per heavy atom. The van der Waals surface area contributed by atoms with Crippen LogP contribution < -0.4 is 0 Å². The van der Waals surface area contributed by atoms with Gasteiger partial charge in [0.25, 0.3) is 5.69 Å². The smallest absolute Gasteiger partial charge is 0.330 e. The Morgan fingerprint density at radius 3 is 2.55 bits per heavy atom. The fraction of sp³-hybridized carbons (Fsp3) is 0.0714. The standard InChI is InChI=1S/C14H11NO4S/c1-19-14(16)9-7-12-6-8-13(20-12)10-2-4-11(5-3-10)15(17)18/h2-9H,1H3/b9-7+. The highest BCUT2D eigenvalue weighted by Gasteiger charge is 2.06. The van der Waals surface area contributed by atoms with E-state index in [-0.39, 0.29) is 5.69 Å². The summed E-state index contributed by atoms with van der Waals surface area (Å²) in [5, 5.41) is 10.6. The van der Waals surface area contributed by atoms with Gasteiger partial charge in [-0.05, 0) is 35.9 Å². The zero-order valence-electron chi connectivity index (χ0n) is 10.6. The first-order chi connectivity index (χ1) is 9.60. The van der Waals surface area contributed by atoms with Gasteiger partial charge >= 0.3 is 5.97 Å². The molecule has 6 heteroatoms. The molecule has 1 aromatic carbocycles. The summed E-state index contributed by atoms with van der Waals surface area (Å²) in [6, 6.07) is 10.1. The predicted molar refractivity (Wildman–Crippen MR) is 77.5 cm³/mol. The second-order valence-corrected chi connectivity index (χ2v) is 4.98. The third-order valence-corrected chi connectivity index (χ3v) is 3.67. The Morgan fingerprint density at radius 1 is 1.25 bits per heavy atom. The number of thiophene rings is 1. The second-order valence-electron chi connectivity index (χ2n) is 3.86. The molecule has 2 rings (SSSR count). The highest BCUT2D eigenvalue weighted by atomic mass is 32.1. The summed E-state index contributed by atoms with van der Waals surface area (Å²) in [4.78, 5) is 23.0. The first-order valence-corrected chi connectivity index (χ1v) is 6.52. The lowest BCUT2D eigenvalue weighted by molar-refractivity contribution is -0.384. The van der Waals surface area contributed by atoms with Crippen molar-refractivity contribution in [2.45, 2.75) is 0 Å². The number of hydrogen-bond donors (Lipinski definition) is 0. The monoisotopic (exact) mass is 289 g/mol. The zero-order valence-corrected chi connectivity index (χ0v) is 11.4. The second kappa shape index (κ2) is 6.12. The van der Waals surface area contributed by atoms with Crippen molar-refractivity contribution in [1.82, 2.24) is 0 Å². The largest absolute Gasteiger partial charge is 0.466 e. The molecule has 2 aromatic rings. The minimum atomic E-state index is -0.428. The molecule has 0 fully saturated rings. The molecule has 0 radical (unpaired) electrons. The first kappa shape index (κ1) is 14.0. The molecule has 0 bridgehead atoms. The van der Waals surface area contributed by atoms with Gasteiger partial charge in [-0.2, -0.15) is 0 Å². The van der Waals surface area contributed by atoms with Gasteiger partial charge in [-0.15, -0.1) is 11.3 Å². The lowest BCUT2D eigenvalue weighted by Crippen LogP contribution is -1.92. The predicted octanol–water partition coefficient (Wildman–Crippen LogP) is 3.51. The fourth-order valence-corrected chi connectivity index (χ4v) is 2.48. The van der Waals surface area contributed by atoms with Crippen LogP contribution in [0, 0.1) is 10.1 Å². The average Bonchev–Trinajstić information content (AvgIpc) is 2.93. The summed E-state index contributed by atoms with van der Waals surface area (Å²) in [7, 11) is 1.32. The van der Waals surface area contributed by atoms with E-state index in [2.05, 4.69) is 4.74 Å². The lowest BCUT2D eigenvalue weighted by atomic mass is 10.2. The molecule has 0 atom stereocenters. The molecule has 0 saturated carbocycles. The first-order valence-electron chi connectivity index (χ1n) is 5.71. The van der Waals surface area contributed by atoms with Crippen LogP contribution in [0.25, 0.3) is 16.5 Å². The molecule has 0 spiro atoms. The molecule has 0 aliphatic carbocycles. The van der Waals surface area contributed by atoms with E-state index in [1.54, 1.807) is 18.2 Å². The number of ether oxygens (including phenoxy) is 1. The third kappa shape index (κ3) is 3.30. The number of nitrogens with zero attached hydrogens (tertiary/aromatic N) is 1. The van der Waals surface area contributed by atoms with Gasteiger partial charge in [-0.1, -0.05) is 0 Å². The van der Waals surface area contributed by atoms with E-state index in [1.807, 2.05) is 12.1 Å². The number of carbonyl (C=O) groups is 1. The van der Waals surface area contributed by atoms with Crippen LogP contribution in [-0.2, 0) is 9.53 Å². The van der Waals surface area contributed by atoms with E-state index in [0.29, 0.717) is 0 Å². The van der Waals surface area contributed by atoms with Crippen LogP contribution in [-0.4, -0.2) is 18.0 Å². The van der Waals surface area contributed by atoms with Crippen molar-refractivity contribution in [3.63, 3.8) is 0 Å². The Kier molecular flexibility index (Phi) is 4.27. The van der Waals surface area contributed by atoms with Crippen LogP contribution in [0.4, 0.5) is 5.69 Å². The number of methoxy groups -OCH3 is 1. The van der Waals surface area contributed by atoms with Crippen LogP contribution in [0.5, 0.6) is 0 Å². The summed E-state index contributed by atoms with van der Waals surface area (Å²) < 4.78 is 4.51.